The number of aliphatic carboxylic acids is 1. The van der Waals surface area contributed by atoms with Crippen LogP contribution in [-0.2, 0) is 4.79 Å². The first-order chi connectivity index (χ1) is 9.61. The Labute approximate surface area is 117 Å². The summed E-state index contributed by atoms with van der Waals surface area (Å²) in [5.41, 5.74) is 0.471. The molecule has 1 unspecified atom stereocenters. The second kappa shape index (κ2) is 6.36. The summed E-state index contributed by atoms with van der Waals surface area (Å²) in [7, 11) is 1.50. The van der Waals surface area contributed by atoms with Gasteiger partial charge < -0.3 is 14.7 Å². The molecule has 0 spiro atoms. The molecule has 6 nitrogen and oxygen atoms in total. The summed E-state index contributed by atoms with van der Waals surface area (Å²) in [5.74, 6) is -0.471. The minimum Gasteiger partial charge on any atom is -0.494 e. The van der Waals surface area contributed by atoms with Gasteiger partial charge in [0.05, 0.1) is 18.9 Å². The SMILES string of the molecule is COc1cnccc1C(=O)N1CCCC(CC(=O)O)C1. The van der Waals surface area contributed by atoms with Crippen molar-refractivity contribution in [2.45, 2.75) is 19.3 Å². The predicted molar refractivity (Wildman–Crippen MR) is 71.7 cm³/mol. The van der Waals surface area contributed by atoms with Crippen LogP contribution in [0.2, 0.25) is 0 Å². The minimum atomic E-state index is -0.814. The molecular weight excluding hydrogens is 260 g/mol. The highest BCUT2D eigenvalue weighted by Crippen LogP contribution is 2.24. The number of aromatic nitrogens is 1. The molecule has 1 N–H and O–H groups in total. The van der Waals surface area contributed by atoms with Crippen LogP contribution in [0.1, 0.15) is 29.6 Å². The predicted octanol–water partition coefficient (Wildman–Crippen LogP) is 1.42. The number of likely N-dealkylation sites (tertiary alicyclic amines) is 1. The van der Waals surface area contributed by atoms with E-state index in [4.69, 9.17) is 9.84 Å². The summed E-state index contributed by atoms with van der Waals surface area (Å²) >= 11 is 0. The first-order valence-electron chi connectivity index (χ1n) is 6.61. The molecule has 2 rings (SSSR count). The average Bonchev–Trinajstić information content (AvgIpc) is 2.46. The lowest BCUT2D eigenvalue weighted by atomic mass is 9.94. The van der Waals surface area contributed by atoms with Gasteiger partial charge in [-0.15, -0.1) is 0 Å². The van der Waals surface area contributed by atoms with Crippen molar-refractivity contribution >= 4 is 11.9 Å². The summed E-state index contributed by atoms with van der Waals surface area (Å²) in [6.45, 7) is 1.14. The fourth-order valence-electron chi connectivity index (χ4n) is 2.55. The number of amides is 1. The molecular formula is C14H18N2O4. The third-order valence-corrected chi connectivity index (χ3v) is 3.50. The van der Waals surface area contributed by atoms with Crippen molar-refractivity contribution in [3.05, 3.63) is 24.0 Å². The summed E-state index contributed by atoms with van der Waals surface area (Å²) in [6, 6.07) is 1.63. The van der Waals surface area contributed by atoms with Gasteiger partial charge in [0.15, 0.2) is 0 Å². The van der Waals surface area contributed by atoms with E-state index in [0.717, 1.165) is 12.8 Å². The molecule has 0 aromatic carbocycles. The number of pyridine rings is 1. The number of hydrogen-bond acceptors (Lipinski definition) is 4. The normalized spacial score (nSPS) is 18.6. The molecule has 2 heterocycles. The van der Waals surface area contributed by atoms with Crippen molar-refractivity contribution in [1.29, 1.82) is 0 Å². The lowest BCUT2D eigenvalue weighted by Crippen LogP contribution is -2.40. The van der Waals surface area contributed by atoms with Gasteiger partial charge in [-0.3, -0.25) is 14.6 Å². The molecule has 1 fully saturated rings. The Morgan fingerprint density at radius 3 is 3.05 bits per heavy atom. The number of piperidine rings is 1. The Balaban J connectivity index is 2.10. The van der Waals surface area contributed by atoms with Crippen molar-refractivity contribution in [2.24, 2.45) is 5.92 Å². The van der Waals surface area contributed by atoms with Crippen LogP contribution in [0.15, 0.2) is 18.5 Å². The van der Waals surface area contributed by atoms with E-state index in [1.54, 1.807) is 17.2 Å². The topological polar surface area (TPSA) is 79.7 Å². The highest BCUT2D eigenvalue weighted by Gasteiger charge is 2.27. The van der Waals surface area contributed by atoms with E-state index in [9.17, 15) is 9.59 Å². The lowest BCUT2D eigenvalue weighted by molar-refractivity contribution is -0.138. The van der Waals surface area contributed by atoms with E-state index in [0.29, 0.717) is 24.4 Å². The van der Waals surface area contributed by atoms with Crippen LogP contribution >= 0.6 is 0 Å². The highest BCUT2D eigenvalue weighted by molar-refractivity contribution is 5.96. The lowest BCUT2D eigenvalue weighted by Gasteiger charge is -2.32. The smallest absolute Gasteiger partial charge is 0.303 e. The molecule has 1 amide bonds. The van der Waals surface area contributed by atoms with Crippen LogP contribution in [0.5, 0.6) is 5.75 Å². The molecule has 1 atom stereocenters. The number of nitrogens with zero attached hydrogens (tertiary/aromatic N) is 2. The second-order valence-electron chi connectivity index (χ2n) is 4.93. The number of carbonyl (C=O) groups is 2. The number of methoxy groups -OCH3 is 1. The third kappa shape index (κ3) is 3.26. The van der Waals surface area contributed by atoms with Gasteiger partial charge in [-0.05, 0) is 24.8 Å². The van der Waals surface area contributed by atoms with Gasteiger partial charge in [-0.1, -0.05) is 0 Å². The molecule has 0 radical (unpaired) electrons. The van der Waals surface area contributed by atoms with Crippen LogP contribution in [0.3, 0.4) is 0 Å². The minimum absolute atomic E-state index is 0.0260. The summed E-state index contributed by atoms with van der Waals surface area (Å²) < 4.78 is 5.14. The Bertz CT molecular complexity index is 504. The van der Waals surface area contributed by atoms with Crippen molar-refractivity contribution < 1.29 is 19.4 Å². The molecule has 108 valence electrons. The zero-order chi connectivity index (χ0) is 14.5. The quantitative estimate of drug-likeness (QED) is 0.901. The fraction of sp³-hybridized carbons (Fsp3) is 0.500. The maximum absolute atomic E-state index is 12.5. The van der Waals surface area contributed by atoms with Crippen LogP contribution in [0, 0.1) is 5.92 Å². The van der Waals surface area contributed by atoms with Crippen LogP contribution < -0.4 is 4.74 Å². The van der Waals surface area contributed by atoms with E-state index in [1.807, 2.05) is 0 Å². The number of carboxylic acid groups (broad SMARTS) is 1. The maximum Gasteiger partial charge on any atom is 0.303 e. The maximum atomic E-state index is 12.5. The monoisotopic (exact) mass is 278 g/mol. The van der Waals surface area contributed by atoms with Crippen LogP contribution in [0.4, 0.5) is 0 Å². The molecule has 1 saturated heterocycles. The first kappa shape index (κ1) is 14.3. The van der Waals surface area contributed by atoms with Gasteiger partial charge in [0.1, 0.15) is 5.75 Å². The molecule has 1 aromatic heterocycles. The van der Waals surface area contributed by atoms with Crippen molar-refractivity contribution in [1.82, 2.24) is 9.88 Å². The number of carboxylic acids is 1. The van der Waals surface area contributed by atoms with Gasteiger partial charge in [0.25, 0.3) is 5.91 Å². The van der Waals surface area contributed by atoms with E-state index < -0.39 is 5.97 Å². The molecule has 0 saturated carbocycles. The molecule has 6 heteroatoms. The van der Waals surface area contributed by atoms with Gasteiger partial charge in [0.2, 0.25) is 0 Å². The molecule has 0 aliphatic carbocycles. The Hall–Kier alpha value is -2.11. The molecule has 20 heavy (non-hydrogen) atoms. The molecule has 1 aromatic rings. The van der Waals surface area contributed by atoms with Gasteiger partial charge >= 0.3 is 5.97 Å². The summed E-state index contributed by atoms with van der Waals surface area (Å²) in [5, 5.41) is 8.86. The zero-order valence-electron chi connectivity index (χ0n) is 11.4. The first-order valence-corrected chi connectivity index (χ1v) is 6.61. The van der Waals surface area contributed by atoms with Gasteiger partial charge in [0, 0.05) is 25.7 Å². The number of hydrogen-bond donors (Lipinski definition) is 1. The van der Waals surface area contributed by atoms with Gasteiger partial charge in [-0.25, -0.2) is 0 Å². The average molecular weight is 278 g/mol. The van der Waals surface area contributed by atoms with Crippen molar-refractivity contribution in [3.63, 3.8) is 0 Å². The van der Waals surface area contributed by atoms with Crippen molar-refractivity contribution in [2.75, 3.05) is 20.2 Å². The number of carbonyl (C=O) groups excluding carboxylic acids is 1. The molecule has 1 aliphatic rings. The largest absolute Gasteiger partial charge is 0.494 e. The van der Waals surface area contributed by atoms with Gasteiger partial charge in [-0.2, -0.15) is 0 Å². The number of rotatable bonds is 4. The second-order valence-corrected chi connectivity index (χ2v) is 4.93. The highest BCUT2D eigenvalue weighted by atomic mass is 16.5. The standard InChI is InChI=1S/C14H18N2O4/c1-20-12-8-15-5-4-11(12)14(19)16-6-2-3-10(9-16)7-13(17)18/h4-5,8,10H,2-3,6-7,9H2,1H3,(H,17,18). The summed E-state index contributed by atoms with van der Waals surface area (Å²) in [4.78, 5) is 28.9. The van der Waals surface area contributed by atoms with E-state index in [-0.39, 0.29) is 18.2 Å². The Morgan fingerprint density at radius 1 is 1.55 bits per heavy atom. The van der Waals surface area contributed by atoms with E-state index in [1.165, 1.54) is 13.3 Å². The molecule has 1 aliphatic heterocycles. The van der Waals surface area contributed by atoms with E-state index in [2.05, 4.69) is 4.98 Å². The van der Waals surface area contributed by atoms with Crippen molar-refractivity contribution in [3.8, 4) is 5.75 Å². The zero-order valence-corrected chi connectivity index (χ0v) is 11.4. The molecule has 0 bridgehead atoms. The fourth-order valence-corrected chi connectivity index (χ4v) is 2.55. The van der Waals surface area contributed by atoms with Crippen LogP contribution in [-0.4, -0.2) is 47.1 Å². The Morgan fingerprint density at radius 2 is 2.35 bits per heavy atom. The summed E-state index contributed by atoms with van der Waals surface area (Å²) in [6.07, 6.45) is 4.85. The van der Waals surface area contributed by atoms with E-state index >= 15 is 0 Å². The third-order valence-electron chi connectivity index (χ3n) is 3.50. The number of ether oxygens (including phenoxy) is 1. The van der Waals surface area contributed by atoms with Crippen LogP contribution in [0.25, 0.3) is 0 Å². The Kier molecular flexibility index (Phi) is 4.55.